The molecule has 1 rings (SSSR count). The third kappa shape index (κ3) is 3.59. The molecule has 0 spiro atoms. The van der Waals surface area contributed by atoms with Crippen LogP contribution in [0.25, 0.3) is 0 Å². The van der Waals surface area contributed by atoms with Crippen molar-refractivity contribution < 1.29 is 4.79 Å². The van der Waals surface area contributed by atoms with Gasteiger partial charge in [0.05, 0.1) is 0 Å². The van der Waals surface area contributed by atoms with Crippen molar-refractivity contribution in [2.24, 2.45) is 5.92 Å². The Morgan fingerprint density at radius 1 is 1.22 bits per heavy atom. The van der Waals surface area contributed by atoms with E-state index in [2.05, 4.69) is 52.1 Å². The fraction of sp³-hybridized carbons (Fsp3) is 0.562. The Balaban J connectivity index is 2.96. The van der Waals surface area contributed by atoms with E-state index in [1.54, 1.807) is 0 Å². The lowest BCUT2D eigenvalue weighted by Crippen LogP contribution is -2.36. The van der Waals surface area contributed by atoms with Crippen molar-refractivity contribution in [3.63, 3.8) is 0 Å². The smallest absolute Gasteiger partial charge is 0.207 e. The Morgan fingerprint density at radius 2 is 1.78 bits per heavy atom. The van der Waals surface area contributed by atoms with Crippen molar-refractivity contribution >= 4 is 6.41 Å². The van der Waals surface area contributed by atoms with Gasteiger partial charge in [0, 0.05) is 6.04 Å². The van der Waals surface area contributed by atoms with Gasteiger partial charge in [-0.05, 0) is 49.8 Å². The van der Waals surface area contributed by atoms with Gasteiger partial charge in [-0.15, -0.1) is 0 Å². The maximum atomic E-state index is 10.7. The van der Waals surface area contributed by atoms with Crippen molar-refractivity contribution in [2.75, 3.05) is 0 Å². The maximum Gasteiger partial charge on any atom is 0.207 e. The summed E-state index contributed by atoms with van der Waals surface area (Å²) in [4.78, 5) is 10.7. The lowest BCUT2D eigenvalue weighted by atomic mass is 9.88. The number of aryl methyl sites for hydroxylation is 3. The summed E-state index contributed by atoms with van der Waals surface area (Å²) < 4.78 is 0. The highest BCUT2D eigenvalue weighted by Crippen LogP contribution is 2.21. The molecule has 0 aliphatic carbocycles. The molecule has 0 fully saturated rings. The van der Waals surface area contributed by atoms with Crippen LogP contribution >= 0.6 is 0 Å². The van der Waals surface area contributed by atoms with Crippen LogP contribution in [-0.4, -0.2) is 12.5 Å². The van der Waals surface area contributed by atoms with E-state index >= 15 is 0 Å². The van der Waals surface area contributed by atoms with Gasteiger partial charge < -0.3 is 5.32 Å². The van der Waals surface area contributed by atoms with Crippen LogP contribution in [0.2, 0.25) is 0 Å². The second-order valence-corrected chi connectivity index (χ2v) is 5.36. The van der Waals surface area contributed by atoms with Crippen molar-refractivity contribution in [3.05, 3.63) is 34.4 Å². The lowest BCUT2D eigenvalue weighted by molar-refractivity contribution is -0.110. The van der Waals surface area contributed by atoms with E-state index in [0.29, 0.717) is 5.92 Å². The summed E-state index contributed by atoms with van der Waals surface area (Å²) in [5.41, 5.74) is 5.33. The highest BCUT2D eigenvalue weighted by atomic mass is 16.1. The Hall–Kier alpha value is -1.31. The van der Waals surface area contributed by atoms with E-state index < -0.39 is 0 Å². The van der Waals surface area contributed by atoms with Gasteiger partial charge in [-0.3, -0.25) is 4.79 Å². The highest BCUT2D eigenvalue weighted by Gasteiger charge is 2.17. The minimum Gasteiger partial charge on any atom is -0.355 e. The molecule has 0 aliphatic heterocycles. The molecule has 1 N–H and O–H groups in total. The molecule has 0 saturated heterocycles. The van der Waals surface area contributed by atoms with Crippen molar-refractivity contribution in [1.82, 2.24) is 5.32 Å². The predicted octanol–water partition coefficient (Wildman–Crippen LogP) is 3.32. The molecule has 2 nitrogen and oxygen atoms in total. The van der Waals surface area contributed by atoms with Gasteiger partial charge in [-0.25, -0.2) is 0 Å². The van der Waals surface area contributed by atoms with Crippen LogP contribution in [0, 0.1) is 26.7 Å². The van der Waals surface area contributed by atoms with E-state index in [1.165, 1.54) is 22.3 Å². The summed E-state index contributed by atoms with van der Waals surface area (Å²) in [6.45, 7) is 10.8. The topological polar surface area (TPSA) is 29.1 Å². The van der Waals surface area contributed by atoms with Gasteiger partial charge in [-0.2, -0.15) is 0 Å². The molecule has 2 unspecified atom stereocenters. The van der Waals surface area contributed by atoms with Crippen LogP contribution in [0.5, 0.6) is 0 Å². The first-order chi connectivity index (χ1) is 8.49. The first-order valence-electron chi connectivity index (χ1n) is 6.76. The number of rotatable bonds is 6. The van der Waals surface area contributed by atoms with E-state index in [4.69, 9.17) is 0 Å². The van der Waals surface area contributed by atoms with Crippen LogP contribution < -0.4 is 5.32 Å². The monoisotopic (exact) mass is 247 g/mol. The predicted molar refractivity (Wildman–Crippen MR) is 76.8 cm³/mol. The summed E-state index contributed by atoms with van der Waals surface area (Å²) >= 11 is 0. The Bertz CT molecular complexity index is 389. The Kier molecular flexibility index (Phi) is 5.39. The summed E-state index contributed by atoms with van der Waals surface area (Å²) in [6.07, 6.45) is 2.83. The molecule has 2 heteroatoms. The second-order valence-electron chi connectivity index (χ2n) is 5.36. The Labute approximate surface area is 111 Å². The second kappa shape index (κ2) is 6.58. The quantitative estimate of drug-likeness (QED) is 0.768. The van der Waals surface area contributed by atoms with Gasteiger partial charge in [0.25, 0.3) is 0 Å². The van der Waals surface area contributed by atoms with E-state index in [9.17, 15) is 4.79 Å². The molecule has 18 heavy (non-hydrogen) atoms. The van der Waals surface area contributed by atoms with Gasteiger partial charge in [0.2, 0.25) is 6.41 Å². The summed E-state index contributed by atoms with van der Waals surface area (Å²) in [5.74, 6) is 0.496. The molecule has 1 aromatic carbocycles. The zero-order valence-electron chi connectivity index (χ0n) is 12.2. The first-order valence-corrected chi connectivity index (χ1v) is 6.76. The van der Waals surface area contributed by atoms with Crippen LogP contribution in [-0.2, 0) is 11.2 Å². The van der Waals surface area contributed by atoms with Gasteiger partial charge in [0.1, 0.15) is 0 Å². The van der Waals surface area contributed by atoms with Crippen LogP contribution in [0.15, 0.2) is 12.1 Å². The molecule has 0 radical (unpaired) electrons. The average molecular weight is 247 g/mol. The lowest BCUT2D eigenvalue weighted by Gasteiger charge is -2.24. The molecule has 0 aliphatic rings. The zero-order chi connectivity index (χ0) is 13.7. The van der Waals surface area contributed by atoms with Crippen molar-refractivity contribution in [2.45, 2.75) is 53.5 Å². The number of hydrogen-bond acceptors (Lipinski definition) is 1. The molecule has 0 saturated carbocycles. The molecule has 1 aromatic rings. The minimum atomic E-state index is 0.229. The number of hydrogen-bond donors (Lipinski definition) is 1. The standard InChI is InChI=1S/C16H25NO/c1-6-12(3)16(17-10-18)9-15-13(4)7-11(2)8-14(15)5/h7-8,10,12,16H,6,9H2,1-5H3,(H,17,18). The summed E-state index contributed by atoms with van der Waals surface area (Å²) in [5, 5.41) is 2.97. The van der Waals surface area contributed by atoms with Gasteiger partial charge >= 0.3 is 0 Å². The molecule has 100 valence electrons. The first kappa shape index (κ1) is 14.7. The van der Waals surface area contributed by atoms with Crippen LogP contribution in [0.1, 0.15) is 42.5 Å². The van der Waals surface area contributed by atoms with E-state index in [1.807, 2.05) is 0 Å². The van der Waals surface area contributed by atoms with Crippen molar-refractivity contribution in [1.29, 1.82) is 0 Å². The molecule has 0 bridgehead atoms. The number of carbonyl (C=O) groups excluding carboxylic acids is 1. The minimum absolute atomic E-state index is 0.229. The van der Waals surface area contributed by atoms with Crippen LogP contribution in [0.3, 0.4) is 0 Å². The fourth-order valence-electron chi connectivity index (χ4n) is 2.55. The largest absolute Gasteiger partial charge is 0.355 e. The maximum absolute atomic E-state index is 10.7. The summed E-state index contributed by atoms with van der Waals surface area (Å²) in [6, 6.07) is 4.67. The molecule has 1 amide bonds. The van der Waals surface area contributed by atoms with E-state index in [0.717, 1.165) is 19.3 Å². The van der Waals surface area contributed by atoms with E-state index in [-0.39, 0.29) is 6.04 Å². The van der Waals surface area contributed by atoms with Gasteiger partial charge in [0.15, 0.2) is 0 Å². The van der Waals surface area contributed by atoms with Gasteiger partial charge in [-0.1, -0.05) is 38.0 Å². The zero-order valence-corrected chi connectivity index (χ0v) is 12.2. The molecular formula is C16H25NO. The average Bonchev–Trinajstić information content (AvgIpc) is 2.31. The number of nitrogens with one attached hydrogen (secondary N) is 1. The summed E-state index contributed by atoms with van der Waals surface area (Å²) in [7, 11) is 0. The Morgan fingerprint density at radius 3 is 2.22 bits per heavy atom. The third-order valence-electron chi connectivity index (χ3n) is 3.88. The normalized spacial score (nSPS) is 14.1. The third-order valence-corrected chi connectivity index (χ3v) is 3.88. The van der Waals surface area contributed by atoms with Crippen LogP contribution in [0.4, 0.5) is 0 Å². The SMILES string of the molecule is CCC(C)C(Cc1c(C)cc(C)cc1C)NC=O. The fourth-order valence-corrected chi connectivity index (χ4v) is 2.55. The highest BCUT2D eigenvalue weighted by molar-refractivity contribution is 5.47. The molecule has 2 atom stereocenters. The number of amides is 1. The molecule has 0 heterocycles. The molecular weight excluding hydrogens is 222 g/mol. The van der Waals surface area contributed by atoms with Crippen molar-refractivity contribution in [3.8, 4) is 0 Å². The number of benzene rings is 1. The number of carbonyl (C=O) groups is 1. The molecule has 0 aromatic heterocycles.